The minimum Gasteiger partial charge on any atom is -0.481 e. The Hall–Kier alpha value is -2.50. The number of rotatable bonds is 3. The van der Waals surface area contributed by atoms with Crippen molar-refractivity contribution in [3.63, 3.8) is 0 Å². The van der Waals surface area contributed by atoms with E-state index in [0.29, 0.717) is 17.2 Å². The van der Waals surface area contributed by atoms with E-state index in [1.54, 1.807) is 19.2 Å². The van der Waals surface area contributed by atoms with Crippen LogP contribution in [0.5, 0.6) is 0 Å². The van der Waals surface area contributed by atoms with E-state index in [9.17, 15) is 9.59 Å². The first-order chi connectivity index (χ1) is 8.99. The molecule has 0 saturated carbocycles. The van der Waals surface area contributed by atoms with Gasteiger partial charge in [-0.3, -0.25) is 14.6 Å². The number of carbonyl (C=O) groups is 1. The molecule has 0 atom stereocenters. The highest BCUT2D eigenvalue weighted by Gasteiger charge is 2.13. The summed E-state index contributed by atoms with van der Waals surface area (Å²) < 4.78 is 0. The number of nitrogens with one attached hydrogen (secondary N) is 1. The first-order valence-corrected chi connectivity index (χ1v) is 5.72. The Morgan fingerprint density at radius 2 is 2.16 bits per heavy atom. The lowest BCUT2D eigenvalue weighted by Gasteiger charge is -2.07. The van der Waals surface area contributed by atoms with Crippen molar-refractivity contribution in [2.24, 2.45) is 0 Å². The van der Waals surface area contributed by atoms with Gasteiger partial charge in [-0.15, -0.1) is 0 Å². The molecule has 2 aromatic rings. The van der Waals surface area contributed by atoms with Gasteiger partial charge in [-0.2, -0.15) is 0 Å². The van der Waals surface area contributed by atoms with Crippen molar-refractivity contribution in [1.82, 2.24) is 15.0 Å². The number of pyridine rings is 1. The van der Waals surface area contributed by atoms with Gasteiger partial charge < -0.3 is 10.1 Å². The largest absolute Gasteiger partial charge is 0.481 e. The fourth-order valence-corrected chi connectivity index (χ4v) is 1.82. The summed E-state index contributed by atoms with van der Waals surface area (Å²) in [6, 6.07) is 3.66. The summed E-state index contributed by atoms with van der Waals surface area (Å²) in [4.78, 5) is 33.6. The maximum atomic E-state index is 11.9. The van der Waals surface area contributed by atoms with Gasteiger partial charge in [-0.25, -0.2) is 4.98 Å². The van der Waals surface area contributed by atoms with Crippen LogP contribution < -0.4 is 5.56 Å². The van der Waals surface area contributed by atoms with Crippen molar-refractivity contribution in [3.8, 4) is 11.5 Å². The lowest BCUT2D eigenvalue weighted by molar-refractivity contribution is -0.136. The van der Waals surface area contributed by atoms with E-state index in [-0.39, 0.29) is 12.0 Å². The lowest BCUT2D eigenvalue weighted by Crippen LogP contribution is -2.20. The van der Waals surface area contributed by atoms with Gasteiger partial charge in [-0.1, -0.05) is 6.07 Å². The third-order valence-electron chi connectivity index (χ3n) is 2.78. The van der Waals surface area contributed by atoms with E-state index in [0.717, 1.165) is 5.56 Å². The molecule has 98 valence electrons. The molecule has 0 saturated heterocycles. The monoisotopic (exact) mass is 259 g/mol. The van der Waals surface area contributed by atoms with E-state index in [1.165, 1.54) is 0 Å². The standard InChI is InChI=1S/C13H13N3O3/c1-7-4-3-5-14-11(7)12-15-8(2)9(6-10(17)18)13(19)16-12/h3-5H,6H2,1-2H3,(H,17,18)(H,15,16,19). The van der Waals surface area contributed by atoms with E-state index < -0.39 is 11.5 Å². The molecule has 2 N–H and O–H groups in total. The summed E-state index contributed by atoms with van der Waals surface area (Å²) in [6.45, 7) is 3.48. The van der Waals surface area contributed by atoms with Crippen LogP contribution in [0.15, 0.2) is 23.1 Å². The minimum atomic E-state index is -1.06. The normalized spacial score (nSPS) is 10.4. The van der Waals surface area contributed by atoms with Crippen molar-refractivity contribution >= 4 is 5.97 Å². The van der Waals surface area contributed by atoms with Crippen LogP contribution in [-0.4, -0.2) is 26.0 Å². The highest BCUT2D eigenvalue weighted by Crippen LogP contribution is 2.15. The Morgan fingerprint density at radius 1 is 1.42 bits per heavy atom. The van der Waals surface area contributed by atoms with E-state index in [4.69, 9.17) is 5.11 Å². The molecule has 0 spiro atoms. The Bertz CT molecular complexity index is 692. The second-order valence-corrected chi connectivity index (χ2v) is 4.22. The fraction of sp³-hybridized carbons (Fsp3) is 0.231. The van der Waals surface area contributed by atoms with Crippen molar-refractivity contribution in [1.29, 1.82) is 0 Å². The minimum absolute atomic E-state index is 0.171. The molecule has 2 heterocycles. The average Bonchev–Trinajstić information content (AvgIpc) is 2.34. The number of aromatic amines is 1. The summed E-state index contributed by atoms with van der Waals surface area (Å²) in [5.74, 6) is -0.702. The molecule has 2 aromatic heterocycles. The van der Waals surface area contributed by atoms with Crippen LogP contribution in [0.2, 0.25) is 0 Å². The first kappa shape index (κ1) is 12.9. The molecule has 0 aliphatic rings. The van der Waals surface area contributed by atoms with Crippen LogP contribution in [0.25, 0.3) is 11.5 Å². The molecule has 6 nitrogen and oxygen atoms in total. The van der Waals surface area contributed by atoms with E-state index >= 15 is 0 Å². The van der Waals surface area contributed by atoms with Crippen LogP contribution in [0.4, 0.5) is 0 Å². The van der Waals surface area contributed by atoms with Gasteiger partial charge in [0.25, 0.3) is 5.56 Å². The zero-order chi connectivity index (χ0) is 14.0. The van der Waals surface area contributed by atoms with Gasteiger partial charge in [0.15, 0.2) is 5.82 Å². The van der Waals surface area contributed by atoms with Crippen LogP contribution in [-0.2, 0) is 11.2 Å². The Labute approximate surface area is 109 Å². The summed E-state index contributed by atoms with van der Waals surface area (Å²) >= 11 is 0. The number of nitrogens with zero attached hydrogens (tertiary/aromatic N) is 2. The summed E-state index contributed by atoms with van der Waals surface area (Å²) in [5, 5.41) is 8.75. The van der Waals surface area contributed by atoms with Crippen molar-refractivity contribution < 1.29 is 9.90 Å². The highest BCUT2D eigenvalue weighted by atomic mass is 16.4. The molecule has 0 bridgehead atoms. The third-order valence-corrected chi connectivity index (χ3v) is 2.78. The van der Waals surface area contributed by atoms with Gasteiger partial charge >= 0.3 is 5.97 Å². The fourth-order valence-electron chi connectivity index (χ4n) is 1.82. The number of carboxylic acids is 1. The summed E-state index contributed by atoms with van der Waals surface area (Å²) in [7, 11) is 0. The third kappa shape index (κ3) is 2.67. The molecular formula is C13H13N3O3. The quantitative estimate of drug-likeness (QED) is 0.859. The molecule has 0 unspecified atom stereocenters. The predicted molar refractivity (Wildman–Crippen MR) is 68.9 cm³/mol. The summed E-state index contributed by atoms with van der Waals surface area (Å²) in [5.41, 5.74) is 1.62. The molecule has 6 heteroatoms. The molecule has 2 rings (SSSR count). The van der Waals surface area contributed by atoms with Gasteiger partial charge in [0.05, 0.1) is 6.42 Å². The second-order valence-electron chi connectivity index (χ2n) is 4.22. The number of hydrogen-bond donors (Lipinski definition) is 2. The van der Waals surface area contributed by atoms with Crippen molar-refractivity contribution in [2.45, 2.75) is 20.3 Å². The molecule has 0 aliphatic heterocycles. The lowest BCUT2D eigenvalue weighted by atomic mass is 10.1. The number of H-pyrrole nitrogens is 1. The Balaban J connectivity index is 2.55. The molecular weight excluding hydrogens is 246 g/mol. The number of hydrogen-bond acceptors (Lipinski definition) is 4. The zero-order valence-corrected chi connectivity index (χ0v) is 10.6. The number of aliphatic carboxylic acids is 1. The predicted octanol–water partition coefficient (Wildman–Crippen LogP) is 1.08. The molecule has 0 aliphatic carbocycles. The van der Waals surface area contributed by atoms with Crippen LogP contribution in [0.1, 0.15) is 16.8 Å². The SMILES string of the molecule is Cc1cccnc1-c1nc(C)c(CC(=O)O)c(=O)[nH]1. The van der Waals surface area contributed by atoms with Gasteiger partial charge in [-0.05, 0) is 25.5 Å². The average molecular weight is 259 g/mol. The van der Waals surface area contributed by atoms with E-state index in [1.807, 2.05) is 13.0 Å². The molecule has 0 fully saturated rings. The Kier molecular flexibility index (Phi) is 3.41. The first-order valence-electron chi connectivity index (χ1n) is 5.72. The highest BCUT2D eigenvalue weighted by molar-refractivity contribution is 5.70. The summed E-state index contributed by atoms with van der Waals surface area (Å²) in [6.07, 6.45) is 1.28. The topological polar surface area (TPSA) is 95.9 Å². The molecule has 0 amide bonds. The second kappa shape index (κ2) is 5.01. The maximum Gasteiger partial charge on any atom is 0.308 e. The van der Waals surface area contributed by atoms with Gasteiger partial charge in [0.1, 0.15) is 5.69 Å². The van der Waals surface area contributed by atoms with Crippen molar-refractivity contribution in [3.05, 3.63) is 45.5 Å². The maximum absolute atomic E-state index is 11.9. The molecule has 19 heavy (non-hydrogen) atoms. The molecule has 0 aromatic carbocycles. The number of aryl methyl sites for hydroxylation is 2. The van der Waals surface area contributed by atoms with Crippen LogP contribution >= 0.6 is 0 Å². The Morgan fingerprint density at radius 3 is 2.74 bits per heavy atom. The number of carboxylic acid groups (broad SMARTS) is 1. The van der Waals surface area contributed by atoms with E-state index in [2.05, 4.69) is 15.0 Å². The van der Waals surface area contributed by atoms with Crippen LogP contribution in [0, 0.1) is 13.8 Å². The number of aromatic nitrogens is 3. The van der Waals surface area contributed by atoms with Gasteiger partial charge in [0, 0.05) is 17.5 Å². The molecule has 0 radical (unpaired) electrons. The van der Waals surface area contributed by atoms with Crippen molar-refractivity contribution in [2.75, 3.05) is 0 Å². The van der Waals surface area contributed by atoms with Crippen LogP contribution in [0.3, 0.4) is 0 Å². The smallest absolute Gasteiger partial charge is 0.308 e. The van der Waals surface area contributed by atoms with Gasteiger partial charge in [0.2, 0.25) is 0 Å². The zero-order valence-electron chi connectivity index (χ0n) is 10.6.